The Morgan fingerprint density at radius 1 is 1.03 bits per heavy atom. The number of fused-ring (bicyclic) bond motifs is 2. The summed E-state index contributed by atoms with van der Waals surface area (Å²) in [6.07, 6.45) is 2.96. The number of rotatable bonds is 5. The number of anilines is 1. The molecule has 0 aromatic heterocycles. The number of nitrogens with zero attached hydrogens (tertiary/aromatic N) is 2. The summed E-state index contributed by atoms with van der Waals surface area (Å²) in [5.74, 6) is -0.507. The predicted molar refractivity (Wildman–Crippen MR) is 145 cm³/mol. The van der Waals surface area contributed by atoms with Gasteiger partial charge in [-0.25, -0.2) is 17.8 Å². The van der Waals surface area contributed by atoms with Crippen molar-refractivity contribution in [3.05, 3.63) is 94.0 Å². The Balaban J connectivity index is 1.30. The van der Waals surface area contributed by atoms with E-state index in [4.69, 9.17) is 4.74 Å². The molecule has 0 radical (unpaired) electrons. The Hall–Kier alpha value is -2.78. The Morgan fingerprint density at radius 2 is 1.71 bits per heavy atom. The molecule has 2 fully saturated rings. The molecule has 1 saturated heterocycles. The van der Waals surface area contributed by atoms with Gasteiger partial charge in [0.1, 0.15) is 18.2 Å². The zero-order valence-electron chi connectivity index (χ0n) is 20.6. The third kappa shape index (κ3) is 4.53. The number of ether oxygens (including phenoxy) is 1. The molecule has 5 nitrogen and oxygen atoms in total. The first-order valence-electron chi connectivity index (χ1n) is 12.8. The first kappa shape index (κ1) is 25.5. The number of piperidine rings is 1. The predicted octanol–water partition coefficient (Wildman–Crippen LogP) is 6.72. The topological polar surface area (TPSA) is 49.9 Å². The second-order valence-electron chi connectivity index (χ2n) is 10.3. The second kappa shape index (κ2) is 10.1. The lowest BCUT2D eigenvalue weighted by Crippen LogP contribution is -2.53. The molecular formula is C29H27BrF2N2O3S. The first-order valence-corrected chi connectivity index (χ1v) is 14.7. The van der Waals surface area contributed by atoms with Gasteiger partial charge in [0.25, 0.3) is 0 Å². The summed E-state index contributed by atoms with van der Waals surface area (Å²) in [5.41, 5.74) is 2.11. The molecule has 38 heavy (non-hydrogen) atoms. The fourth-order valence-electron chi connectivity index (χ4n) is 6.03. The van der Waals surface area contributed by atoms with E-state index in [1.165, 1.54) is 30.3 Å². The molecule has 2 heterocycles. The second-order valence-corrected chi connectivity index (χ2v) is 12.5. The average molecular weight is 602 g/mol. The Bertz CT molecular complexity index is 1380. The molecule has 1 amide bonds. The van der Waals surface area contributed by atoms with Crippen LogP contribution in [0.15, 0.2) is 76.1 Å². The number of carbonyl (C=O) groups is 1. The normalized spacial score (nSPS) is 20.9. The molecule has 2 aliphatic heterocycles. The summed E-state index contributed by atoms with van der Waals surface area (Å²) in [5, 5.41) is 0. The fraction of sp³-hybridized carbons (Fsp3) is 0.345. The van der Waals surface area contributed by atoms with E-state index in [2.05, 4.69) is 15.9 Å². The number of halogens is 3. The van der Waals surface area contributed by atoms with E-state index in [0.29, 0.717) is 46.9 Å². The van der Waals surface area contributed by atoms with Crippen molar-refractivity contribution in [2.45, 2.75) is 48.6 Å². The van der Waals surface area contributed by atoms with Gasteiger partial charge in [0.15, 0.2) is 11.0 Å². The highest BCUT2D eigenvalue weighted by molar-refractivity contribution is 9.10. The van der Waals surface area contributed by atoms with Crippen LogP contribution in [0.3, 0.4) is 0 Å². The highest BCUT2D eigenvalue weighted by Crippen LogP contribution is 2.59. The van der Waals surface area contributed by atoms with Crippen LogP contribution in [0, 0.1) is 17.6 Å². The van der Waals surface area contributed by atoms with E-state index in [0.717, 1.165) is 24.0 Å². The van der Waals surface area contributed by atoms with Gasteiger partial charge in [-0.1, -0.05) is 30.3 Å². The summed E-state index contributed by atoms with van der Waals surface area (Å²) in [6.45, 7) is 1.19. The molecular weight excluding hydrogens is 574 g/mol. The van der Waals surface area contributed by atoms with Crippen molar-refractivity contribution in [3.63, 3.8) is 0 Å². The zero-order valence-corrected chi connectivity index (χ0v) is 23.0. The van der Waals surface area contributed by atoms with Crippen LogP contribution >= 0.6 is 15.9 Å². The quantitative estimate of drug-likeness (QED) is 0.327. The Kier molecular flexibility index (Phi) is 6.76. The minimum Gasteiger partial charge on any atom is -0.445 e. The summed E-state index contributed by atoms with van der Waals surface area (Å²) in [6, 6.07) is 18.4. The summed E-state index contributed by atoms with van der Waals surface area (Å²) in [4.78, 5) is 15.1. The molecule has 3 aliphatic rings. The average Bonchev–Trinajstić information content (AvgIpc) is 3.74. The van der Waals surface area contributed by atoms with Crippen molar-refractivity contribution in [2.24, 2.45) is 5.92 Å². The smallest absolute Gasteiger partial charge is 0.410 e. The molecule has 1 saturated carbocycles. The number of hydrogen-bond acceptors (Lipinski definition) is 3. The van der Waals surface area contributed by atoms with Crippen LogP contribution in [0.25, 0.3) is 0 Å². The van der Waals surface area contributed by atoms with Crippen LogP contribution < -0.4 is 4.31 Å². The van der Waals surface area contributed by atoms with Crippen LogP contribution in [0.5, 0.6) is 0 Å². The molecule has 2 unspecified atom stereocenters. The van der Waals surface area contributed by atoms with Gasteiger partial charge in [0.2, 0.25) is 0 Å². The van der Waals surface area contributed by atoms with Crippen molar-refractivity contribution in [3.8, 4) is 0 Å². The van der Waals surface area contributed by atoms with E-state index in [-0.39, 0.29) is 18.7 Å². The molecule has 3 aromatic rings. The van der Waals surface area contributed by atoms with Gasteiger partial charge in [0, 0.05) is 18.5 Å². The van der Waals surface area contributed by atoms with Crippen LogP contribution in [0.2, 0.25) is 0 Å². The molecule has 0 bridgehead atoms. The maximum atomic E-state index is 14.9. The van der Waals surface area contributed by atoms with Crippen LogP contribution in [-0.2, 0) is 27.7 Å². The van der Waals surface area contributed by atoms with E-state index in [9.17, 15) is 17.8 Å². The van der Waals surface area contributed by atoms with Gasteiger partial charge in [-0.3, -0.25) is 4.31 Å². The van der Waals surface area contributed by atoms with Crippen LogP contribution in [0.4, 0.5) is 19.3 Å². The van der Waals surface area contributed by atoms with Crippen molar-refractivity contribution in [2.75, 3.05) is 17.4 Å². The number of likely N-dealkylation sites (tertiary alicyclic amines) is 1. The molecule has 2 atom stereocenters. The minimum absolute atomic E-state index is 0.112. The molecule has 3 aromatic carbocycles. The van der Waals surface area contributed by atoms with Crippen molar-refractivity contribution < 1.29 is 22.5 Å². The molecule has 1 aliphatic carbocycles. The zero-order chi connectivity index (χ0) is 26.4. The highest BCUT2D eigenvalue weighted by Gasteiger charge is 2.59. The maximum Gasteiger partial charge on any atom is 0.410 e. The third-order valence-corrected chi connectivity index (χ3v) is 10.1. The Labute approximate surface area is 231 Å². The first-order chi connectivity index (χ1) is 18.4. The lowest BCUT2D eigenvalue weighted by Gasteiger charge is -2.44. The highest BCUT2D eigenvalue weighted by atomic mass is 79.9. The summed E-state index contributed by atoms with van der Waals surface area (Å²) in [7, 11) is -1.64. The van der Waals surface area contributed by atoms with Crippen LogP contribution in [0.1, 0.15) is 36.8 Å². The lowest BCUT2D eigenvalue weighted by atomic mass is 9.68. The van der Waals surface area contributed by atoms with Crippen molar-refractivity contribution in [1.82, 2.24) is 4.90 Å². The lowest BCUT2D eigenvalue weighted by molar-refractivity contribution is 0.0738. The molecule has 198 valence electrons. The van der Waals surface area contributed by atoms with Gasteiger partial charge in [0.05, 0.1) is 21.1 Å². The van der Waals surface area contributed by atoms with E-state index in [1.54, 1.807) is 4.90 Å². The molecule has 9 heteroatoms. The van der Waals surface area contributed by atoms with Crippen molar-refractivity contribution >= 4 is 38.7 Å². The Morgan fingerprint density at radius 3 is 2.37 bits per heavy atom. The van der Waals surface area contributed by atoms with E-state index in [1.807, 2.05) is 40.7 Å². The molecule has 0 N–H and O–H groups in total. The SMILES string of the molecule is O=C(OCc1ccccc1)N1CCC2(CC1)c1cc(Br)c(F)cc1N(S(=O)c1ccc(F)cc1)C2C1CC1. The van der Waals surface area contributed by atoms with Gasteiger partial charge in [-0.2, -0.15) is 0 Å². The van der Waals surface area contributed by atoms with Gasteiger partial charge >= 0.3 is 6.09 Å². The number of benzene rings is 3. The van der Waals surface area contributed by atoms with E-state index >= 15 is 0 Å². The summed E-state index contributed by atoms with van der Waals surface area (Å²) < 4.78 is 50.3. The van der Waals surface area contributed by atoms with Gasteiger partial charge in [-0.05, 0) is 95.1 Å². The third-order valence-electron chi connectivity index (χ3n) is 8.01. The summed E-state index contributed by atoms with van der Waals surface area (Å²) >= 11 is 3.36. The monoisotopic (exact) mass is 600 g/mol. The maximum absolute atomic E-state index is 14.9. The van der Waals surface area contributed by atoms with E-state index < -0.39 is 28.0 Å². The largest absolute Gasteiger partial charge is 0.445 e. The number of hydrogen-bond donors (Lipinski definition) is 0. The number of carbonyl (C=O) groups excluding carboxylic acids is 1. The molecule has 6 rings (SSSR count). The number of amides is 1. The van der Waals surface area contributed by atoms with Crippen molar-refractivity contribution in [1.29, 1.82) is 0 Å². The van der Waals surface area contributed by atoms with Gasteiger partial charge in [-0.15, -0.1) is 0 Å². The van der Waals surface area contributed by atoms with Gasteiger partial charge < -0.3 is 9.64 Å². The van der Waals surface area contributed by atoms with Crippen LogP contribution in [-0.4, -0.2) is 34.3 Å². The fourth-order valence-corrected chi connectivity index (χ4v) is 7.88. The minimum atomic E-state index is -1.64. The standard InChI is InChI=1S/C29H27BrF2N2O3S/c30-24-16-23-26(17-25(24)32)34(38(36)22-10-8-21(31)9-11-22)27(20-6-7-20)29(23)12-14-33(15-13-29)28(35)37-18-19-4-2-1-3-5-19/h1-5,8-11,16-17,20,27H,6-7,12-15,18H2. The molecule has 1 spiro atoms.